The Morgan fingerprint density at radius 1 is 1.90 bits per heavy atom. The van der Waals surface area contributed by atoms with Gasteiger partial charge in [0.25, 0.3) is 0 Å². The zero-order valence-electron chi connectivity index (χ0n) is 5.63. The van der Waals surface area contributed by atoms with Crippen molar-refractivity contribution < 1.29 is 14.2 Å². The fourth-order valence-corrected chi connectivity index (χ4v) is 0.604. The van der Waals surface area contributed by atoms with Crippen LogP contribution in [0.4, 0.5) is 0 Å². The van der Waals surface area contributed by atoms with E-state index in [1.54, 1.807) is 6.92 Å². The van der Waals surface area contributed by atoms with Gasteiger partial charge in [0.15, 0.2) is 0 Å². The van der Waals surface area contributed by atoms with Gasteiger partial charge in [0.05, 0.1) is 6.10 Å². The highest BCUT2D eigenvalue weighted by Crippen LogP contribution is 2.05. The molecule has 0 aliphatic rings. The minimum Gasteiger partial charge on any atom is -0.393 e. The maximum atomic E-state index is 10.5. The van der Waals surface area contributed by atoms with Crippen LogP contribution >= 0.6 is 11.9 Å². The molecule has 0 radical (unpaired) electrons. The first-order valence-corrected chi connectivity index (χ1v) is 3.07. The summed E-state index contributed by atoms with van der Waals surface area (Å²) in [7, 11) is 0. The molecule has 0 bridgehead atoms. The molecule has 0 aromatic rings. The summed E-state index contributed by atoms with van der Waals surface area (Å²) in [5.41, 5.74) is 0.171. The van der Waals surface area contributed by atoms with Gasteiger partial charge >= 0.3 is 5.97 Å². The van der Waals surface area contributed by atoms with Crippen LogP contribution in [0.1, 0.15) is 13.3 Å². The molecule has 1 N–H and O–H groups in total. The first kappa shape index (κ1) is 9.46. The van der Waals surface area contributed by atoms with Crippen molar-refractivity contribution in [3.8, 4) is 0 Å². The molecule has 10 heavy (non-hydrogen) atoms. The predicted molar refractivity (Wildman–Crippen MR) is 37.4 cm³/mol. The smallest absolute Gasteiger partial charge is 0.351 e. The van der Waals surface area contributed by atoms with Gasteiger partial charge in [-0.2, -0.15) is 0 Å². The van der Waals surface area contributed by atoms with E-state index in [-0.39, 0.29) is 12.0 Å². The third kappa shape index (κ3) is 3.48. The van der Waals surface area contributed by atoms with E-state index in [0.717, 1.165) is 0 Å². The average molecular weight is 165 g/mol. The van der Waals surface area contributed by atoms with Crippen molar-refractivity contribution in [1.82, 2.24) is 0 Å². The summed E-state index contributed by atoms with van der Waals surface area (Å²) in [5, 5.41) is 8.76. The van der Waals surface area contributed by atoms with Crippen LogP contribution in [0.15, 0.2) is 12.2 Å². The first-order chi connectivity index (χ1) is 4.57. The van der Waals surface area contributed by atoms with Crippen LogP contribution in [0.3, 0.4) is 0 Å². The maximum Gasteiger partial charge on any atom is 0.351 e. The van der Waals surface area contributed by atoms with Gasteiger partial charge in [-0.25, -0.2) is 4.79 Å². The van der Waals surface area contributed by atoms with Crippen molar-refractivity contribution in [3.63, 3.8) is 0 Å². The quantitative estimate of drug-likeness (QED) is 0.634. The zero-order valence-corrected chi connectivity index (χ0v) is 6.39. The average Bonchev–Trinajstić information content (AvgIpc) is 1.85. The SMILES string of the molecule is C=C(CC(C)O)C(=O)OCl. The Kier molecular flexibility index (Phi) is 4.07. The number of hydrogen-bond acceptors (Lipinski definition) is 3. The van der Waals surface area contributed by atoms with E-state index < -0.39 is 12.1 Å². The molecule has 0 rings (SSSR count). The van der Waals surface area contributed by atoms with Crippen LogP contribution in [0.25, 0.3) is 0 Å². The molecule has 0 aliphatic heterocycles. The number of aliphatic hydroxyl groups is 1. The molecule has 0 aromatic carbocycles. The molecule has 0 aliphatic carbocycles. The molecular weight excluding hydrogens is 156 g/mol. The van der Waals surface area contributed by atoms with Crippen molar-refractivity contribution in [2.75, 3.05) is 0 Å². The van der Waals surface area contributed by atoms with Crippen LogP contribution in [-0.2, 0) is 9.08 Å². The topological polar surface area (TPSA) is 46.5 Å². The van der Waals surface area contributed by atoms with Crippen LogP contribution in [0.5, 0.6) is 0 Å². The molecule has 58 valence electrons. The first-order valence-electron chi connectivity index (χ1n) is 2.76. The summed E-state index contributed by atoms with van der Waals surface area (Å²) in [4.78, 5) is 10.5. The van der Waals surface area contributed by atoms with Gasteiger partial charge in [0.2, 0.25) is 0 Å². The van der Waals surface area contributed by atoms with E-state index in [4.69, 9.17) is 17.0 Å². The fourth-order valence-electron chi connectivity index (χ4n) is 0.494. The van der Waals surface area contributed by atoms with E-state index in [1.807, 2.05) is 0 Å². The minimum atomic E-state index is -0.692. The summed E-state index contributed by atoms with van der Waals surface area (Å²) in [6.45, 7) is 4.89. The standard InChI is InChI=1S/C6H9ClO3/c1-4(3-5(2)8)6(9)10-7/h5,8H,1,3H2,2H3. The van der Waals surface area contributed by atoms with Gasteiger partial charge in [0, 0.05) is 12.0 Å². The number of halogens is 1. The highest BCUT2D eigenvalue weighted by atomic mass is 35.5. The normalized spacial score (nSPS) is 12.3. The number of carbonyl (C=O) groups excluding carboxylic acids is 1. The van der Waals surface area contributed by atoms with Crippen molar-refractivity contribution in [2.24, 2.45) is 0 Å². The summed E-state index contributed by atoms with van der Waals surface area (Å²) in [6, 6.07) is 0. The Morgan fingerprint density at radius 3 is 2.70 bits per heavy atom. The molecule has 1 unspecified atom stereocenters. The molecule has 0 aromatic heterocycles. The van der Waals surface area contributed by atoms with Gasteiger partial charge < -0.3 is 9.40 Å². The molecule has 0 saturated heterocycles. The monoisotopic (exact) mass is 164 g/mol. The fraction of sp³-hybridized carbons (Fsp3) is 0.500. The summed E-state index contributed by atoms with van der Waals surface area (Å²) < 4.78 is 3.84. The van der Waals surface area contributed by atoms with Gasteiger partial charge in [0.1, 0.15) is 11.9 Å². The molecule has 0 amide bonds. The van der Waals surface area contributed by atoms with E-state index in [0.29, 0.717) is 0 Å². The number of hydrogen-bond donors (Lipinski definition) is 1. The second kappa shape index (κ2) is 4.30. The van der Waals surface area contributed by atoms with Crippen molar-refractivity contribution in [2.45, 2.75) is 19.4 Å². The Balaban J connectivity index is 3.74. The third-order valence-corrected chi connectivity index (χ3v) is 1.04. The predicted octanol–water partition coefficient (Wildman–Crippen LogP) is 1.01. The van der Waals surface area contributed by atoms with Gasteiger partial charge in [-0.05, 0) is 6.92 Å². The lowest BCUT2D eigenvalue weighted by molar-refractivity contribution is -0.130. The van der Waals surface area contributed by atoms with E-state index >= 15 is 0 Å². The summed E-state index contributed by atoms with van der Waals surface area (Å²) in [6.07, 6.45) is -0.408. The van der Waals surface area contributed by atoms with Gasteiger partial charge in [-0.15, -0.1) is 0 Å². The van der Waals surface area contributed by atoms with E-state index in [9.17, 15) is 4.79 Å². The van der Waals surface area contributed by atoms with Crippen molar-refractivity contribution in [1.29, 1.82) is 0 Å². The Hall–Kier alpha value is -0.540. The van der Waals surface area contributed by atoms with Crippen LogP contribution in [0, 0.1) is 0 Å². The van der Waals surface area contributed by atoms with E-state index in [1.165, 1.54) is 0 Å². The number of carbonyl (C=O) groups is 1. The highest BCUT2D eigenvalue weighted by molar-refractivity contribution is 6.15. The molecule has 0 saturated carbocycles. The number of rotatable bonds is 3. The Bertz CT molecular complexity index is 142. The molecule has 4 heteroatoms. The van der Waals surface area contributed by atoms with Gasteiger partial charge in [-0.3, -0.25) is 0 Å². The van der Waals surface area contributed by atoms with E-state index in [2.05, 4.69) is 10.9 Å². The lowest BCUT2D eigenvalue weighted by Gasteiger charge is -2.02. The van der Waals surface area contributed by atoms with Crippen molar-refractivity contribution in [3.05, 3.63) is 12.2 Å². The largest absolute Gasteiger partial charge is 0.393 e. The maximum absolute atomic E-state index is 10.5. The second-order valence-electron chi connectivity index (χ2n) is 2.02. The molecule has 3 nitrogen and oxygen atoms in total. The zero-order chi connectivity index (χ0) is 8.15. The Labute approximate surface area is 64.4 Å². The Morgan fingerprint density at radius 2 is 2.40 bits per heavy atom. The highest BCUT2D eigenvalue weighted by Gasteiger charge is 2.09. The molecule has 0 heterocycles. The number of aliphatic hydroxyl groups excluding tert-OH is 1. The molecule has 1 atom stereocenters. The van der Waals surface area contributed by atoms with Crippen LogP contribution < -0.4 is 0 Å². The van der Waals surface area contributed by atoms with Crippen LogP contribution in [-0.4, -0.2) is 17.2 Å². The lowest BCUT2D eigenvalue weighted by atomic mass is 10.1. The molecule has 0 fully saturated rings. The van der Waals surface area contributed by atoms with Crippen molar-refractivity contribution >= 4 is 17.8 Å². The van der Waals surface area contributed by atoms with Crippen LogP contribution in [0.2, 0.25) is 0 Å². The lowest BCUT2D eigenvalue weighted by Crippen LogP contribution is -2.08. The molecule has 0 spiro atoms. The molecular formula is C6H9ClO3. The van der Waals surface area contributed by atoms with Gasteiger partial charge in [-0.1, -0.05) is 6.58 Å². The summed E-state index contributed by atoms with van der Waals surface area (Å²) >= 11 is 4.74. The third-order valence-electron chi connectivity index (χ3n) is 0.901. The summed E-state index contributed by atoms with van der Waals surface area (Å²) in [5.74, 6) is -0.692. The minimum absolute atomic E-state index is 0.171. The second-order valence-corrected chi connectivity index (χ2v) is 2.18.